The number of esters is 1. The summed E-state index contributed by atoms with van der Waals surface area (Å²) in [5.74, 6) is -3.50. The molecule has 1 aromatic heterocycles. The van der Waals surface area contributed by atoms with Crippen LogP contribution in [0.25, 0.3) is 0 Å². The maximum atomic E-state index is 14.0. The number of ether oxygens (including phenoxy) is 2. The van der Waals surface area contributed by atoms with Crippen molar-refractivity contribution in [2.45, 2.75) is 37.9 Å². The quantitative estimate of drug-likeness (QED) is 0.525. The van der Waals surface area contributed by atoms with Crippen molar-refractivity contribution in [3.8, 4) is 0 Å². The fourth-order valence-electron chi connectivity index (χ4n) is 2.17. The van der Waals surface area contributed by atoms with Crippen LogP contribution in [0.5, 0.6) is 0 Å². The van der Waals surface area contributed by atoms with Gasteiger partial charge in [-0.2, -0.15) is 4.98 Å². The van der Waals surface area contributed by atoms with Gasteiger partial charge in [-0.1, -0.05) is 0 Å². The number of hydrogen-bond acceptors (Lipinski definition) is 8. The van der Waals surface area contributed by atoms with Crippen LogP contribution < -0.4 is 5.69 Å². The summed E-state index contributed by atoms with van der Waals surface area (Å²) in [6, 6.07) is 0. The Morgan fingerprint density at radius 2 is 2.08 bits per heavy atom. The summed E-state index contributed by atoms with van der Waals surface area (Å²) in [6.45, 7) is 0.574. The summed E-state index contributed by atoms with van der Waals surface area (Å²) in [6.07, 6.45) is -4.85. The molecule has 1 fully saturated rings. The van der Waals surface area contributed by atoms with E-state index in [0.717, 1.165) is 0 Å². The van der Waals surface area contributed by atoms with Crippen LogP contribution in [0.1, 0.15) is 18.8 Å². The summed E-state index contributed by atoms with van der Waals surface area (Å²) in [5, 5.41) is 27.8. The van der Waals surface area contributed by atoms with E-state index in [1.165, 1.54) is 6.92 Å². The normalized spacial score (nSPS) is 26.3. The first kappa shape index (κ1) is 18.0. The Morgan fingerprint density at radius 3 is 2.62 bits per heavy atom. The number of aliphatic hydroxyl groups excluding tert-OH is 2. The zero-order chi connectivity index (χ0) is 18.0. The first-order valence-corrected chi connectivity index (χ1v) is 6.87. The summed E-state index contributed by atoms with van der Waals surface area (Å²) in [5.41, 5.74) is -1.55. The second-order valence-corrected chi connectivity index (χ2v) is 5.17. The highest BCUT2D eigenvalue weighted by atomic mass is 19.1. The maximum absolute atomic E-state index is 14.0. The molecular weight excluding hydrogens is 331 g/mol. The zero-order valence-electron chi connectivity index (χ0n) is 12.5. The van der Waals surface area contributed by atoms with Crippen LogP contribution in [0.2, 0.25) is 0 Å². The molecule has 10 nitrogen and oxygen atoms in total. The van der Waals surface area contributed by atoms with E-state index in [4.69, 9.17) is 9.84 Å². The number of carbonyl (C=O) groups is 2. The molecule has 24 heavy (non-hydrogen) atoms. The first-order chi connectivity index (χ1) is 11.2. The minimum atomic E-state index is -1.45. The number of aliphatic hydroxyl groups is 2. The van der Waals surface area contributed by atoms with Crippen molar-refractivity contribution < 1.29 is 38.8 Å². The smallest absolute Gasteiger partial charge is 0.350 e. The van der Waals surface area contributed by atoms with Gasteiger partial charge in [0, 0.05) is 6.20 Å². The van der Waals surface area contributed by atoms with Gasteiger partial charge in [-0.3, -0.25) is 9.36 Å². The van der Waals surface area contributed by atoms with Crippen molar-refractivity contribution >= 4 is 11.9 Å². The van der Waals surface area contributed by atoms with Gasteiger partial charge >= 0.3 is 17.6 Å². The Bertz CT molecular complexity index is 706. The second-order valence-electron chi connectivity index (χ2n) is 5.17. The highest BCUT2D eigenvalue weighted by Crippen LogP contribution is 2.28. The number of aliphatic carboxylic acids is 1. The predicted molar refractivity (Wildman–Crippen MR) is 72.4 cm³/mol. The molecule has 0 aromatic carbocycles. The molecule has 0 amide bonds. The molecule has 1 saturated heterocycles. The molecule has 0 bridgehead atoms. The van der Waals surface area contributed by atoms with Gasteiger partial charge in [-0.25, -0.2) is 14.0 Å². The van der Waals surface area contributed by atoms with Gasteiger partial charge in [0.15, 0.2) is 18.7 Å². The second kappa shape index (κ2) is 7.03. The highest BCUT2D eigenvalue weighted by Gasteiger charge is 2.42. The molecule has 0 spiro atoms. The third-order valence-corrected chi connectivity index (χ3v) is 3.40. The number of carboxylic acid groups (broad SMARTS) is 1. The van der Waals surface area contributed by atoms with Crippen molar-refractivity contribution in [2.24, 2.45) is 0 Å². The van der Waals surface area contributed by atoms with E-state index in [-0.39, 0.29) is 0 Å². The lowest BCUT2D eigenvalue weighted by Crippen LogP contribution is -2.36. The Labute approximate surface area is 134 Å². The summed E-state index contributed by atoms with van der Waals surface area (Å²) in [7, 11) is 0. The Hall–Kier alpha value is -2.37. The Balaban J connectivity index is 2.18. The minimum absolute atomic E-state index is 0.535. The van der Waals surface area contributed by atoms with E-state index < -0.39 is 66.7 Å². The van der Waals surface area contributed by atoms with Gasteiger partial charge in [-0.05, 0) is 6.92 Å². The average molecular weight is 346 g/mol. The van der Waals surface area contributed by atoms with Gasteiger partial charge < -0.3 is 24.8 Å². The van der Waals surface area contributed by atoms with Crippen LogP contribution in [0.15, 0.2) is 11.0 Å². The van der Waals surface area contributed by atoms with Crippen molar-refractivity contribution in [1.29, 1.82) is 0 Å². The Morgan fingerprint density at radius 1 is 1.42 bits per heavy atom. The molecule has 2 heterocycles. The fraction of sp³-hybridized carbons (Fsp3) is 0.538. The number of carbonyl (C=O) groups excluding carboxylic acids is 1. The van der Waals surface area contributed by atoms with Crippen molar-refractivity contribution in [3.63, 3.8) is 0 Å². The van der Waals surface area contributed by atoms with Gasteiger partial charge in [0.05, 0.1) is 18.2 Å². The number of halogens is 1. The largest absolute Gasteiger partial charge is 0.479 e. The molecule has 11 heteroatoms. The highest BCUT2D eigenvalue weighted by molar-refractivity contribution is 5.76. The monoisotopic (exact) mass is 346 g/mol. The average Bonchev–Trinajstić information content (AvgIpc) is 2.76. The molecular formula is C13H15FN2O8. The standard InChI is InChI=1S/C13H15FN2O8/c1-5-10(20)11(21)12(24-5)16-3-6(14)7(15-13(16)22)2-9(19)23-4-8(17)18/h3,5,10-12,20-21H,2,4H2,1H3,(H,17,18)/t5-,10-,11-,12-/m1/s1. The van der Waals surface area contributed by atoms with Crippen molar-refractivity contribution in [2.75, 3.05) is 6.61 Å². The van der Waals surface area contributed by atoms with E-state index in [1.54, 1.807) is 0 Å². The van der Waals surface area contributed by atoms with E-state index in [0.29, 0.717) is 10.8 Å². The molecule has 3 N–H and O–H groups in total. The lowest BCUT2D eigenvalue weighted by molar-refractivity contribution is -0.154. The zero-order valence-corrected chi connectivity index (χ0v) is 12.5. The first-order valence-electron chi connectivity index (χ1n) is 6.87. The third-order valence-electron chi connectivity index (χ3n) is 3.40. The molecule has 0 radical (unpaired) electrons. The van der Waals surface area contributed by atoms with E-state index >= 15 is 0 Å². The lowest BCUT2D eigenvalue weighted by atomic mass is 10.1. The number of carboxylic acids is 1. The van der Waals surface area contributed by atoms with Crippen LogP contribution in [-0.2, 0) is 25.5 Å². The summed E-state index contributed by atoms with van der Waals surface area (Å²) in [4.78, 5) is 37.0. The molecule has 4 atom stereocenters. The van der Waals surface area contributed by atoms with Crippen LogP contribution >= 0.6 is 0 Å². The Kier molecular flexibility index (Phi) is 5.26. The predicted octanol–water partition coefficient (Wildman–Crippen LogP) is -1.81. The van der Waals surface area contributed by atoms with Crippen LogP contribution in [0.3, 0.4) is 0 Å². The van der Waals surface area contributed by atoms with Crippen molar-refractivity contribution in [3.05, 3.63) is 28.2 Å². The fourth-order valence-corrected chi connectivity index (χ4v) is 2.17. The molecule has 132 valence electrons. The maximum Gasteiger partial charge on any atom is 0.350 e. The topological polar surface area (TPSA) is 148 Å². The molecule has 1 aliphatic rings. The van der Waals surface area contributed by atoms with Crippen LogP contribution in [0.4, 0.5) is 4.39 Å². The molecule has 2 rings (SSSR count). The SMILES string of the molecule is C[C@H]1O[C@@H](n2cc(F)c(CC(=O)OCC(=O)O)nc2=O)[C@H](O)[C@@H]1O. The molecule has 0 saturated carbocycles. The van der Waals surface area contributed by atoms with Gasteiger partial charge in [0.25, 0.3) is 0 Å². The molecule has 1 aromatic rings. The molecule has 0 unspecified atom stereocenters. The third kappa shape index (κ3) is 3.75. The van der Waals surface area contributed by atoms with Gasteiger partial charge in [-0.15, -0.1) is 0 Å². The van der Waals surface area contributed by atoms with Gasteiger partial charge in [0.2, 0.25) is 0 Å². The lowest BCUT2D eigenvalue weighted by Gasteiger charge is -2.17. The van der Waals surface area contributed by atoms with E-state index in [1.807, 2.05) is 0 Å². The summed E-state index contributed by atoms with van der Waals surface area (Å²) >= 11 is 0. The number of hydrogen-bond donors (Lipinski definition) is 3. The van der Waals surface area contributed by atoms with Crippen LogP contribution in [-0.4, -0.2) is 61.7 Å². The number of nitrogens with zero attached hydrogens (tertiary/aromatic N) is 2. The molecule has 1 aliphatic heterocycles. The minimum Gasteiger partial charge on any atom is -0.479 e. The summed E-state index contributed by atoms with van der Waals surface area (Å²) < 4.78 is 24.2. The van der Waals surface area contributed by atoms with Crippen LogP contribution in [0, 0.1) is 5.82 Å². The van der Waals surface area contributed by atoms with Crippen molar-refractivity contribution in [1.82, 2.24) is 9.55 Å². The number of aromatic nitrogens is 2. The van der Waals surface area contributed by atoms with E-state index in [2.05, 4.69) is 9.72 Å². The van der Waals surface area contributed by atoms with Gasteiger partial charge in [0.1, 0.15) is 12.2 Å². The number of rotatable bonds is 5. The molecule has 0 aliphatic carbocycles. The van der Waals surface area contributed by atoms with E-state index in [9.17, 15) is 29.0 Å².